The van der Waals surface area contributed by atoms with Gasteiger partial charge in [-0.3, -0.25) is 19.3 Å². The number of ether oxygens (including phenoxy) is 2. The summed E-state index contributed by atoms with van der Waals surface area (Å²) in [6.45, 7) is 7.20. The number of benzene rings is 6. The van der Waals surface area contributed by atoms with Gasteiger partial charge in [-0.2, -0.15) is 0 Å². The Morgan fingerprint density at radius 3 is 2.34 bits per heavy atom. The van der Waals surface area contributed by atoms with E-state index in [1.165, 1.54) is 0 Å². The molecule has 0 aromatic heterocycles. The van der Waals surface area contributed by atoms with Gasteiger partial charge in [-0.05, 0) is 88.6 Å². The lowest BCUT2D eigenvalue weighted by Gasteiger charge is -2.39. The highest BCUT2D eigenvalue weighted by atomic mass is 35.5. The van der Waals surface area contributed by atoms with Crippen LogP contribution >= 0.6 is 11.6 Å². The van der Waals surface area contributed by atoms with Gasteiger partial charge in [0.05, 0.1) is 63.8 Å². The summed E-state index contributed by atoms with van der Waals surface area (Å²) in [5.74, 6) is 0.0396. The van der Waals surface area contributed by atoms with Gasteiger partial charge in [0.15, 0.2) is 5.60 Å². The quantitative estimate of drug-likeness (QED) is 0.146. The van der Waals surface area contributed by atoms with Crippen LogP contribution in [0.2, 0.25) is 23.7 Å². The van der Waals surface area contributed by atoms with Crippen molar-refractivity contribution in [2.75, 3.05) is 23.5 Å². The molecule has 10 rings (SSSR count). The van der Waals surface area contributed by atoms with Crippen LogP contribution in [0.1, 0.15) is 46.0 Å². The van der Waals surface area contributed by atoms with Gasteiger partial charge in [0.1, 0.15) is 5.75 Å². The molecule has 1 saturated heterocycles. The maximum absolute atomic E-state index is 15.5. The summed E-state index contributed by atoms with van der Waals surface area (Å²) in [4.78, 5) is 49.2. The normalized spacial score (nSPS) is 22.8. The maximum Gasteiger partial charge on any atom is 0.264 e. The zero-order valence-corrected chi connectivity index (χ0v) is 36.9. The number of methoxy groups -OCH3 is 1. The predicted octanol–water partition coefficient (Wildman–Crippen LogP) is 8.89. The second kappa shape index (κ2) is 15.2. The smallest absolute Gasteiger partial charge is 0.264 e. The van der Waals surface area contributed by atoms with E-state index in [4.69, 9.17) is 21.1 Å². The fourth-order valence-corrected chi connectivity index (χ4v) is 15.3. The molecule has 1 N–H and O–H groups in total. The van der Waals surface area contributed by atoms with Gasteiger partial charge in [-0.25, -0.2) is 0 Å². The second-order valence-corrected chi connectivity index (χ2v) is 22.9. The molecule has 314 valence electrons. The van der Waals surface area contributed by atoms with Gasteiger partial charge >= 0.3 is 0 Å². The van der Waals surface area contributed by atoms with Crippen molar-refractivity contribution in [1.29, 1.82) is 0 Å². The Balaban J connectivity index is 0.997. The Bertz CT molecular complexity index is 2770. The van der Waals surface area contributed by atoms with Gasteiger partial charge in [0, 0.05) is 34.1 Å². The van der Waals surface area contributed by atoms with Crippen molar-refractivity contribution in [1.82, 2.24) is 4.90 Å². The van der Waals surface area contributed by atoms with Crippen LogP contribution in [-0.4, -0.2) is 61.7 Å². The van der Waals surface area contributed by atoms with Crippen molar-refractivity contribution in [2.45, 2.75) is 69.2 Å². The topological polar surface area (TPSA) is 99.6 Å². The van der Waals surface area contributed by atoms with E-state index in [9.17, 15) is 14.7 Å². The van der Waals surface area contributed by atoms with Crippen LogP contribution < -0.4 is 19.7 Å². The molecule has 62 heavy (non-hydrogen) atoms. The van der Waals surface area contributed by atoms with E-state index in [0.29, 0.717) is 29.1 Å². The minimum atomic E-state index is -2.56. The van der Waals surface area contributed by atoms with E-state index in [1.54, 1.807) is 27.9 Å². The van der Waals surface area contributed by atoms with Crippen LogP contribution in [0.25, 0.3) is 10.8 Å². The van der Waals surface area contributed by atoms with Crippen molar-refractivity contribution in [3.8, 4) is 5.75 Å². The highest BCUT2D eigenvalue weighted by Gasteiger charge is 2.66. The zero-order chi connectivity index (χ0) is 43.1. The number of anilines is 3. The molecule has 6 aromatic carbocycles. The molecule has 4 aliphatic rings. The summed E-state index contributed by atoms with van der Waals surface area (Å²) in [6, 6.07) is 41.0. The lowest BCUT2D eigenvalue weighted by atomic mass is 9.82. The summed E-state index contributed by atoms with van der Waals surface area (Å²) in [7, 11) is -0.914. The Hall–Kier alpha value is -5.78. The van der Waals surface area contributed by atoms with Gasteiger partial charge in [0.25, 0.3) is 11.8 Å². The molecule has 5 atom stereocenters. The molecule has 6 aromatic rings. The Morgan fingerprint density at radius 1 is 0.887 bits per heavy atom. The molecule has 0 aliphatic carbocycles. The van der Waals surface area contributed by atoms with Crippen molar-refractivity contribution in [3.63, 3.8) is 0 Å². The summed E-state index contributed by atoms with van der Waals surface area (Å²) in [5.41, 5.74) is 5.20. The fourth-order valence-electron chi connectivity index (χ4n) is 11.1. The van der Waals surface area contributed by atoms with Crippen molar-refractivity contribution < 1.29 is 29.0 Å². The second-order valence-electron chi connectivity index (χ2n) is 17.7. The molecule has 1 fully saturated rings. The van der Waals surface area contributed by atoms with E-state index >= 15 is 4.79 Å². The van der Waals surface area contributed by atoms with Crippen LogP contribution in [0.3, 0.4) is 0 Å². The number of hydrogen-bond donors (Lipinski definition) is 1. The third kappa shape index (κ3) is 6.21. The van der Waals surface area contributed by atoms with Gasteiger partial charge in [-0.15, -0.1) is 0 Å². The minimum Gasteiger partial charge on any atom is -0.497 e. The number of nitrogens with zero attached hydrogens (tertiary/aromatic N) is 3. The van der Waals surface area contributed by atoms with Crippen LogP contribution in [0, 0.1) is 5.92 Å². The number of fused-ring (bicyclic) bond motifs is 3. The monoisotopic (exact) mass is 861 g/mol. The molecule has 0 unspecified atom stereocenters. The number of amides is 3. The summed E-state index contributed by atoms with van der Waals surface area (Å²) in [5, 5.41) is 14.2. The number of carbonyl (C=O) groups is 3. The Kier molecular flexibility index (Phi) is 9.90. The standard InChI is InChI=1S/C51H48ClN3O6Si/c1-31-48(62(3,4)40-22-20-39(60-2)21-23-40)45(27-46(57)53-29-35-10-6-5-9-34(35)25-38(53)30-56)61-51(31)42-26-36(52)17-24-43(42)54(50(51)59)28-32-15-18-37(19-16-32)55-44-14-8-12-33-11-7-13-41(47(33)44)49(55)58/h5-24,26,31,38,45,48,56H,25,27-30H2,1-4H3/t31-,38-,45+,48-,51+/m0/s1. The zero-order valence-electron chi connectivity index (χ0n) is 35.2. The summed E-state index contributed by atoms with van der Waals surface area (Å²) in [6.07, 6.45) is 0.0110. The number of hydrogen-bond acceptors (Lipinski definition) is 6. The van der Waals surface area contributed by atoms with Crippen LogP contribution in [0.15, 0.2) is 127 Å². The molecule has 3 amide bonds. The van der Waals surface area contributed by atoms with Gasteiger partial charge < -0.3 is 24.4 Å². The molecular formula is C51H48ClN3O6Si. The minimum absolute atomic E-state index is 0.0550. The van der Waals surface area contributed by atoms with Gasteiger partial charge in [0.2, 0.25) is 5.91 Å². The number of aliphatic hydroxyl groups excluding tert-OH is 1. The van der Waals surface area contributed by atoms with Crippen LogP contribution in [0.5, 0.6) is 5.75 Å². The molecule has 9 nitrogen and oxygen atoms in total. The molecule has 4 heterocycles. The SMILES string of the molecule is COc1ccc([Si](C)(C)[C@@H]2[C@@H](CC(=O)N3Cc4ccccc4C[C@H]3CO)O[C@]3(C(=O)N(Cc4ccc(N5C(=O)c6cccc7cccc5c67)cc4)c4ccc(Cl)cc43)[C@H]2C)cc1. The Morgan fingerprint density at radius 2 is 1.61 bits per heavy atom. The van der Waals surface area contributed by atoms with Crippen LogP contribution in [0.4, 0.5) is 17.1 Å². The molecule has 4 aliphatic heterocycles. The molecule has 0 saturated carbocycles. The largest absolute Gasteiger partial charge is 0.497 e. The molecule has 1 spiro atoms. The van der Waals surface area contributed by atoms with Crippen molar-refractivity contribution >= 4 is 70.4 Å². The first kappa shape index (κ1) is 40.3. The third-order valence-electron chi connectivity index (χ3n) is 14.2. The van der Waals surface area contributed by atoms with E-state index in [0.717, 1.165) is 55.5 Å². The maximum atomic E-state index is 15.5. The lowest BCUT2D eigenvalue weighted by Crippen LogP contribution is -2.52. The van der Waals surface area contributed by atoms with Crippen LogP contribution in [-0.2, 0) is 39.4 Å². The predicted molar refractivity (Wildman–Crippen MR) is 245 cm³/mol. The number of rotatable bonds is 9. The number of carbonyl (C=O) groups excluding carboxylic acids is 3. The van der Waals surface area contributed by atoms with Gasteiger partial charge in [-0.1, -0.05) is 110 Å². The van der Waals surface area contributed by atoms with Crippen molar-refractivity contribution in [3.05, 3.63) is 160 Å². The molecule has 11 heteroatoms. The van der Waals surface area contributed by atoms with Crippen molar-refractivity contribution in [2.24, 2.45) is 5.92 Å². The molecule has 0 radical (unpaired) electrons. The van der Waals surface area contributed by atoms with E-state index < -0.39 is 19.8 Å². The first-order chi connectivity index (χ1) is 29.9. The lowest BCUT2D eigenvalue weighted by molar-refractivity contribution is -0.151. The molecular weight excluding hydrogens is 814 g/mol. The fraction of sp³-hybridized carbons (Fsp3) is 0.275. The first-order valence-electron chi connectivity index (χ1n) is 21.3. The van der Waals surface area contributed by atoms with E-state index in [2.05, 4.69) is 38.2 Å². The summed E-state index contributed by atoms with van der Waals surface area (Å²) >= 11 is 6.78. The summed E-state index contributed by atoms with van der Waals surface area (Å²) < 4.78 is 12.8. The molecule has 0 bridgehead atoms. The third-order valence-corrected chi connectivity index (χ3v) is 18.7. The first-order valence-corrected chi connectivity index (χ1v) is 24.8. The number of aliphatic hydroxyl groups is 1. The average Bonchev–Trinajstić information content (AvgIpc) is 3.84. The Labute approximate surface area is 367 Å². The number of halogens is 1. The highest BCUT2D eigenvalue weighted by molar-refractivity contribution is 6.91. The highest BCUT2D eigenvalue weighted by Crippen LogP contribution is 2.60. The van der Waals surface area contributed by atoms with E-state index in [1.807, 2.05) is 103 Å². The average molecular weight is 862 g/mol. The van der Waals surface area contributed by atoms with E-state index in [-0.39, 0.29) is 54.8 Å².